The minimum Gasteiger partial charge on any atom is -0.313 e. The molecular formula is C12H14ClN3O2S. The van der Waals surface area contributed by atoms with Crippen molar-refractivity contribution in [1.29, 1.82) is 5.26 Å². The molecule has 102 valence electrons. The average molecular weight is 300 g/mol. The third kappa shape index (κ3) is 3.25. The molecule has 1 aromatic rings. The highest BCUT2D eigenvalue weighted by Crippen LogP contribution is 2.22. The number of sulfonamides is 1. The van der Waals surface area contributed by atoms with Gasteiger partial charge in [-0.2, -0.15) is 5.26 Å². The summed E-state index contributed by atoms with van der Waals surface area (Å²) in [6, 6.07) is 6.38. The Kier molecular flexibility index (Phi) is 4.42. The molecule has 1 fully saturated rings. The first kappa shape index (κ1) is 14.3. The predicted octanol–water partition coefficient (Wildman–Crippen LogP) is 1.24. The van der Waals surface area contributed by atoms with E-state index in [1.54, 1.807) is 0 Å². The number of nitrogens with zero attached hydrogens (tertiary/aromatic N) is 1. The fourth-order valence-electron chi connectivity index (χ4n) is 2.06. The van der Waals surface area contributed by atoms with Crippen LogP contribution < -0.4 is 10.0 Å². The molecule has 7 heteroatoms. The number of benzene rings is 1. The predicted molar refractivity (Wildman–Crippen MR) is 72.4 cm³/mol. The highest BCUT2D eigenvalue weighted by atomic mass is 35.5. The maximum absolute atomic E-state index is 12.2. The molecular weight excluding hydrogens is 286 g/mol. The van der Waals surface area contributed by atoms with E-state index in [1.807, 2.05) is 6.07 Å². The van der Waals surface area contributed by atoms with Gasteiger partial charge in [0.2, 0.25) is 10.0 Å². The van der Waals surface area contributed by atoms with Crippen molar-refractivity contribution < 1.29 is 8.42 Å². The molecule has 19 heavy (non-hydrogen) atoms. The van der Waals surface area contributed by atoms with Crippen LogP contribution in [0.3, 0.4) is 0 Å². The Morgan fingerprint density at radius 2 is 2.32 bits per heavy atom. The summed E-state index contributed by atoms with van der Waals surface area (Å²) in [5.74, 6) is 0. The fourth-order valence-corrected chi connectivity index (χ4v) is 3.59. The van der Waals surface area contributed by atoms with Gasteiger partial charge in [0.05, 0.1) is 10.6 Å². The average Bonchev–Trinajstić information content (AvgIpc) is 2.89. The molecule has 0 aromatic heterocycles. The van der Waals surface area contributed by atoms with Crippen molar-refractivity contribution in [1.82, 2.24) is 10.0 Å². The number of rotatable bonds is 4. The van der Waals surface area contributed by atoms with E-state index in [-0.39, 0.29) is 21.5 Å². The van der Waals surface area contributed by atoms with Gasteiger partial charge in [0.15, 0.2) is 0 Å². The zero-order valence-electron chi connectivity index (χ0n) is 10.2. The van der Waals surface area contributed by atoms with Crippen molar-refractivity contribution >= 4 is 21.6 Å². The first-order valence-electron chi connectivity index (χ1n) is 5.96. The second-order valence-corrected chi connectivity index (χ2v) is 6.51. The molecule has 2 N–H and O–H groups in total. The third-order valence-corrected chi connectivity index (χ3v) is 4.84. The van der Waals surface area contributed by atoms with Gasteiger partial charge in [-0.25, -0.2) is 13.1 Å². The van der Waals surface area contributed by atoms with Crippen molar-refractivity contribution in [2.24, 2.45) is 0 Å². The van der Waals surface area contributed by atoms with Gasteiger partial charge in [-0.15, -0.1) is 0 Å². The standard InChI is InChI=1S/C12H14ClN3O2S/c13-11-4-1-5-12(10(11)7-14)19(17,18)16-8-9-3-2-6-15-9/h1,4-5,9,15-16H,2-3,6,8H2. The van der Waals surface area contributed by atoms with Crippen LogP contribution in [-0.2, 0) is 10.0 Å². The molecule has 1 atom stereocenters. The number of hydrogen-bond acceptors (Lipinski definition) is 4. The van der Waals surface area contributed by atoms with Crippen molar-refractivity contribution in [3.63, 3.8) is 0 Å². The smallest absolute Gasteiger partial charge is 0.241 e. The molecule has 5 nitrogen and oxygen atoms in total. The normalized spacial score (nSPS) is 19.3. The number of hydrogen-bond donors (Lipinski definition) is 2. The van der Waals surface area contributed by atoms with Gasteiger partial charge in [-0.1, -0.05) is 17.7 Å². The lowest BCUT2D eigenvalue weighted by molar-refractivity contribution is 0.551. The summed E-state index contributed by atoms with van der Waals surface area (Å²) in [5.41, 5.74) is -0.0175. The Bertz CT molecular complexity index is 604. The van der Waals surface area contributed by atoms with E-state index in [2.05, 4.69) is 10.0 Å². The van der Waals surface area contributed by atoms with Gasteiger partial charge in [0.25, 0.3) is 0 Å². The summed E-state index contributed by atoms with van der Waals surface area (Å²) < 4.78 is 26.9. The summed E-state index contributed by atoms with van der Waals surface area (Å²) in [6.07, 6.45) is 2.00. The van der Waals surface area contributed by atoms with Crippen LogP contribution in [0.5, 0.6) is 0 Å². The summed E-state index contributed by atoms with van der Waals surface area (Å²) in [5, 5.41) is 12.3. The highest BCUT2D eigenvalue weighted by Gasteiger charge is 2.22. The van der Waals surface area contributed by atoms with E-state index in [0.717, 1.165) is 19.4 Å². The molecule has 1 unspecified atom stereocenters. The topological polar surface area (TPSA) is 82.0 Å². The van der Waals surface area contributed by atoms with E-state index >= 15 is 0 Å². The Labute approximate surface area is 117 Å². The lowest BCUT2D eigenvalue weighted by atomic mass is 10.2. The Morgan fingerprint density at radius 1 is 1.53 bits per heavy atom. The maximum Gasteiger partial charge on any atom is 0.241 e. The third-order valence-electron chi connectivity index (χ3n) is 3.06. The van der Waals surface area contributed by atoms with Gasteiger partial charge in [0, 0.05) is 12.6 Å². The van der Waals surface area contributed by atoms with Crippen LogP contribution in [0.4, 0.5) is 0 Å². The van der Waals surface area contributed by atoms with Crippen LogP contribution in [0.15, 0.2) is 23.1 Å². The van der Waals surface area contributed by atoms with Crippen molar-refractivity contribution in [2.45, 2.75) is 23.8 Å². The van der Waals surface area contributed by atoms with E-state index in [4.69, 9.17) is 16.9 Å². The molecule has 1 aliphatic heterocycles. The minimum atomic E-state index is -3.71. The molecule has 0 saturated carbocycles. The molecule has 1 aromatic carbocycles. The summed E-state index contributed by atoms with van der Waals surface area (Å²) in [7, 11) is -3.71. The first-order valence-corrected chi connectivity index (χ1v) is 7.82. The van der Waals surface area contributed by atoms with E-state index < -0.39 is 10.0 Å². The molecule has 0 radical (unpaired) electrons. The molecule has 1 aliphatic rings. The highest BCUT2D eigenvalue weighted by molar-refractivity contribution is 7.89. The number of nitrogens with one attached hydrogen (secondary N) is 2. The van der Waals surface area contributed by atoms with E-state index in [1.165, 1.54) is 18.2 Å². The molecule has 0 amide bonds. The van der Waals surface area contributed by atoms with Gasteiger partial charge in [-0.05, 0) is 31.5 Å². The summed E-state index contributed by atoms with van der Waals surface area (Å²) in [4.78, 5) is -0.0690. The summed E-state index contributed by atoms with van der Waals surface area (Å²) >= 11 is 5.84. The second kappa shape index (κ2) is 5.88. The Balaban J connectivity index is 2.20. The minimum absolute atomic E-state index is 0.0175. The van der Waals surface area contributed by atoms with E-state index in [0.29, 0.717) is 6.54 Å². The van der Waals surface area contributed by atoms with Gasteiger partial charge in [-0.3, -0.25) is 0 Å². The second-order valence-electron chi connectivity index (χ2n) is 4.37. The Hall–Kier alpha value is -1.13. The summed E-state index contributed by atoms with van der Waals surface area (Å²) in [6.45, 7) is 1.23. The molecule has 1 heterocycles. The number of halogens is 1. The van der Waals surface area contributed by atoms with Crippen LogP contribution in [0.2, 0.25) is 5.02 Å². The van der Waals surface area contributed by atoms with E-state index in [9.17, 15) is 8.42 Å². The molecule has 0 aliphatic carbocycles. The van der Waals surface area contributed by atoms with Crippen molar-refractivity contribution in [2.75, 3.05) is 13.1 Å². The monoisotopic (exact) mass is 299 g/mol. The van der Waals surface area contributed by atoms with Gasteiger partial charge in [0.1, 0.15) is 11.0 Å². The zero-order chi connectivity index (χ0) is 13.9. The zero-order valence-corrected chi connectivity index (χ0v) is 11.8. The van der Waals surface area contributed by atoms with Crippen molar-refractivity contribution in [3.05, 3.63) is 28.8 Å². The van der Waals surface area contributed by atoms with Crippen LogP contribution in [0, 0.1) is 11.3 Å². The number of nitriles is 1. The molecule has 2 rings (SSSR count). The lowest BCUT2D eigenvalue weighted by Gasteiger charge is -2.13. The largest absolute Gasteiger partial charge is 0.313 e. The van der Waals surface area contributed by atoms with Crippen LogP contribution in [0.1, 0.15) is 18.4 Å². The quantitative estimate of drug-likeness (QED) is 0.876. The van der Waals surface area contributed by atoms with Crippen LogP contribution >= 0.6 is 11.6 Å². The van der Waals surface area contributed by atoms with Crippen LogP contribution in [-0.4, -0.2) is 27.5 Å². The maximum atomic E-state index is 12.2. The van der Waals surface area contributed by atoms with Crippen molar-refractivity contribution in [3.8, 4) is 6.07 Å². The lowest BCUT2D eigenvalue weighted by Crippen LogP contribution is -2.37. The fraction of sp³-hybridized carbons (Fsp3) is 0.417. The Morgan fingerprint density at radius 3 is 2.95 bits per heavy atom. The van der Waals surface area contributed by atoms with Crippen LogP contribution in [0.25, 0.3) is 0 Å². The van der Waals surface area contributed by atoms with Gasteiger partial charge < -0.3 is 5.32 Å². The molecule has 0 bridgehead atoms. The molecule has 1 saturated heterocycles. The first-order chi connectivity index (χ1) is 9.04. The SMILES string of the molecule is N#Cc1c(Cl)cccc1S(=O)(=O)NCC1CCCN1. The molecule has 0 spiro atoms. The van der Waals surface area contributed by atoms with Gasteiger partial charge >= 0.3 is 0 Å².